The Morgan fingerprint density at radius 1 is 1.09 bits per heavy atom. The second-order valence-corrected chi connectivity index (χ2v) is 7.63. The van der Waals surface area contributed by atoms with Gasteiger partial charge in [0, 0.05) is 29.9 Å². The zero-order valence-electron chi connectivity index (χ0n) is 18.1. The third-order valence-corrected chi connectivity index (χ3v) is 5.25. The summed E-state index contributed by atoms with van der Waals surface area (Å²) in [7, 11) is 0. The second kappa shape index (κ2) is 8.62. The number of fused-ring (bicyclic) bond motifs is 1. The number of halogens is 1. The van der Waals surface area contributed by atoms with E-state index in [1.54, 1.807) is 31.2 Å². The van der Waals surface area contributed by atoms with Crippen molar-refractivity contribution in [3.63, 3.8) is 0 Å². The Hall–Kier alpha value is -4.01. The van der Waals surface area contributed by atoms with Gasteiger partial charge in [-0.05, 0) is 56.5 Å². The van der Waals surface area contributed by atoms with Crippen LogP contribution in [0, 0.1) is 26.6 Å². The number of nitrogens with zero attached hydrogens (tertiary/aromatic N) is 3. The van der Waals surface area contributed by atoms with Crippen LogP contribution in [0.4, 0.5) is 21.8 Å². The summed E-state index contributed by atoms with van der Waals surface area (Å²) in [4.78, 5) is 27.3. The fourth-order valence-corrected chi connectivity index (χ4v) is 3.74. The number of nitrogens with one attached hydrogen (secondary N) is 3. The summed E-state index contributed by atoms with van der Waals surface area (Å²) in [5.41, 5.74) is 9.22. The highest BCUT2D eigenvalue weighted by Gasteiger charge is 2.14. The van der Waals surface area contributed by atoms with Gasteiger partial charge in [-0.3, -0.25) is 4.79 Å². The maximum absolute atomic E-state index is 14.2. The number of H-pyrrole nitrogens is 1. The molecule has 0 saturated heterocycles. The minimum Gasteiger partial charge on any atom is -0.370 e. The van der Waals surface area contributed by atoms with E-state index in [9.17, 15) is 9.18 Å². The molecule has 0 bridgehead atoms. The van der Waals surface area contributed by atoms with Gasteiger partial charge in [0.2, 0.25) is 5.91 Å². The lowest BCUT2D eigenvalue weighted by Crippen LogP contribution is -2.11. The molecule has 32 heavy (non-hydrogen) atoms. The summed E-state index contributed by atoms with van der Waals surface area (Å²) in [6.07, 6.45) is 2.12. The van der Waals surface area contributed by atoms with E-state index in [4.69, 9.17) is 5.73 Å². The number of hydrogen-bond donors (Lipinski definition) is 4. The molecule has 5 N–H and O–H groups in total. The molecule has 0 spiro atoms. The average Bonchev–Trinajstić information content (AvgIpc) is 3.08. The van der Waals surface area contributed by atoms with Crippen molar-refractivity contribution in [2.24, 2.45) is 5.73 Å². The van der Waals surface area contributed by atoms with Gasteiger partial charge in [-0.25, -0.2) is 19.3 Å². The Kier molecular flexibility index (Phi) is 5.72. The number of hydrogen-bond acceptors (Lipinski definition) is 6. The van der Waals surface area contributed by atoms with E-state index in [0.29, 0.717) is 47.3 Å². The molecule has 8 nitrogen and oxygen atoms in total. The monoisotopic (exact) mass is 433 g/mol. The molecule has 0 unspecified atom stereocenters. The van der Waals surface area contributed by atoms with Gasteiger partial charge in [-0.1, -0.05) is 6.07 Å². The lowest BCUT2D eigenvalue weighted by atomic mass is 10.0. The van der Waals surface area contributed by atoms with Gasteiger partial charge in [0.25, 0.3) is 0 Å². The molecule has 0 aliphatic carbocycles. The molecule has 3 aromatic heterocycles. The summed E-state index contributed by atoms with van der Waals surface area (Å²) >= 11 is 0. The Balaban J connectivity index is 1.47. The van der Waals surface area contributed by atoms with Crippen LogP contribution in [0.2, 0.25) is 0 Å². The first-order chi connectivity index (χ1) is 15.3. The van der Waals surface area contributed by atoms with Crippen molar-refractivity contribution in [1.29, 1.82) is 0 Å². The third kappa shape index (κ3) is 4.36. The van der Waals surface area contributed by atoms with Crippen LogP contribution < -0.4 is 16.4 Å². The van der Waals surface area contributed by atoms with Crippen LogP contribution in [0.5, 0.6) is 0 Å². The SMILES string of the molecule is Cc1nc(NCCc2c(C)[nH]c3c(F)ccc(C)c23)cc(Nc2ccc(C(N)=O)cn2)n1. The largest absolute Gasteiger partial charge is 0.370 e. The number of rotatable bonds is 7. The van der Waals surface area contributed by atoms with Gasteiger partial charge in [-0.2, -0.15) is 0 Å². The number of nitrogens with two attached hydrogens (primary N) is 1. The summed E-state index contributed by atoms with van der Waals surface area (Å²) < 4.78 is 14.2. The molecule has 4 rings (SSSR count). The van der Waals surface area contributed by atoms with E-state index in [1.165, 1.54) is 12.3 Å². The Labute approximate surface area is 184 Å². The Morgan fingerprint density at radius 3 is 2.59 bits per heavy atom. The molecular formula is C23H24FN7O. The molecular weight excluding hydrogens is 409 g/mol. The topological polar surface area (TPSA) is 122 Å². The van der Waals surface area contributed by atoms with Crippen LogP contribution in [-0.4, -0.2) is 32.4 Å². The van der Waals surface area contributed by atoms with Gasteiger partial charge in [-0.15, -0.1) is 0 Å². The van der Waals surface area contributed by atoms with E-state index in [1.807, 2.05) is 13.8 Å². The minimum atomic E-state index is -0.531. The van der Waals surface area contributed by atoms with E-state index in [2.05, 4.69) is 30.6 Å². The van der Waals surface area contributed by atoms with Gasteiger partial charge < -0.3 is 21.4 Å². The van der Waals surface area contributed by atoms with Crippen molar-refractivity contribution in [3.8, 4) is 0 Å². The van der Waals surface area contributed by atoms with Gasteiger partial charge in [0.15, 0.2) is 0 Å². The van der Waals surface area contributed by atoms with E-state index >= 15 is 0 Å². The van der Waals surface area contributed by atoms with Gasteiger partial charge >= 0.3 is 0 Å². The maximum atomic E-state index is 14.2. The zero-order chi connectivity index (χ0) is 22.8. The minimum absolute atomic E-state index is 0.243. The predicted molar refractivity (Wildman–Crippen MR) is 123 cm³/mol. The lowest BCUT2D eigenvalue weighted by Gasteiger charge is -2.10. The Bertz CT molecular complexity index is 1300. The number of anilines is 3. The quantitative estimate of drug-likeness (QED) is 0.351. The van der Waals surface area contributed by atoms with Crippen LogP contribution in [-0.2, 0) is 6.42 Å². The molecule has 0 aliphatic heterocycles. The molecule has 164 valence electrons. The number of aromatic amines is 1. The first-order valence-electron chi connectivity index (χ1n) is 10.2. The molecule has 0 fully saturated rings. The molecule has 9 heteroatoms. The number of pyridine rings is 1. The van der Waals surface area contributed by atoms with Gasteiger partial charge in [0.1, 0.15) is 29.1 Å². The summed E-state index contributed by atoms with van der Waals surface area (Å²) in [6, 6.07) is 8.33. The zero-order valence-corrected chi connectivity index (χ0v) is 18.1. The van der Waals surface area contributed by atoms with E-state index in [0.717, 1.165) is 22.2 Å². The van der Waals surface area contributed by atoms with Crippen molar-refractivity contribution in [2.45, 2.75) is 27.2 Å². The molecule has 0 aliphatic rings. The summed E-state index contributed by atoms with van der Waals surface area (Å²) in [6.45, 7) is 6.37. The standard InChI is InChI=1S/C23H24FN7O/c1-12-4-6-17(24)22-21(12)16(13(2)28-22)8-9-26-19-10-20(30-14(3)29-19)31-18-7-5-15(11-27-18)23(25)32/h4-7,10-11,28H,8-9H2,1-3H3,(H2,25,32)(H2,26,27,29,30,31). The first kappa shape index (κ1) is 21.2. The van der Waals surface area contributed by atoms with Gasteiger partial charge in [0.05, 0.1) is 11.1 Å². The molecule has 4 aromatic rings. The average molecular weight is 433 g/mol. The molecule has 1 amide bonds. The third-order valence-electron chi connectivity index (χ3n) is 5.25. The van der Waals surface area contributed by atoms with E-state index < -0.39 is 5.91 Å². The molecule has 0 saturated carbocycles. The van der Waals surface area contributed by atoms with Crippen LogP contribution in [0.25, 0.3) is 10.9 Å². The number of amides is 1. The highest BCUT2D eigenvalue weighted by molar-refractivity contribution is 5.92. The maximum Gasteiger partial charge on any atom is 0.250 e. The smallest absolute Gasteiger partial charge is 0.250 e. The molecule has 0 radical (unpaired) electrons. The van der Waals surface area contributed by atoms with E-state index in [-0.39, 0.29) is 5.82 Å². The van der Waals surface area contributed by atoms with Crippen molar-refractivity contribution < 1.29 is 9.18 Å². The van der Waals surface area contributed by atoms with Crippen molar-refractivity contribution in [1.82, 2.24) is 19.9 Å². The molecule has 0 atom stereocenters. The lowest BCUT2D eigenvalue weighted by molar-refractivity contribution is 0.1000. The van der Waals surface area contributed by atoms with Crippen molar-refractivity contribution in [3.05, 3.63) is 70.6 Å². The normalized spacial score (nSPS) is 11.0. The summed E-state index contributed by atoms with van der Waals surface area (Å²) in [5, 5.41) is 7.36. The van der Waals surface area contributed by atoms with Crippen LogP contribution in [0.15, 0.2) is 36.5 Å². The van der Waals surface area contributed by atoms with Crippen LogP contribution in [0.1, 0.15) is 33.0 Å². The number of benzene rings is 1. The van der Waals surface area contributed by atoms with Crippen LogP contribution >= 0.6 is 0 Å². The number of primary amides is 1. The molecule has 3 heterocycles. The van der Waals surface area contributed by atoms with Crippen molar-refractivity contribution >= 4 is 34.3 Å². The van der Waals surface area contributed by atoms with Crippen LogP contribution in [0.3, 0.4) is 0 Å². The Morgan fingerprint density at radius 2 is 1.88 bits per heavy atom. The fraction of sp³-hybridized carbons (Fsp3) is 0.217. The number of aromatic nitrogens is 4. The second-order valence-electron chi connectivity index (χ2n) is 7.63. The molecule has 1 aromatic carbocycles. The fourth-order valence-electron chi connectivity index (χ4n) is 3.74. The highest BCUT2D eigenvalue weighted by Crippen LogP contribution is 2.28. The number of carbonyl (C=O) groups excluding carboxylic acids is 1. The highest BCUT2D eigenvalue weighted by atomic mass is 19.1. The predicted octanol–water partition coefficient (Wildman–Crippen LogP) is 3.91. The number of carbonyl (C=O) groups is 1. The summed E-state index contributed by atoms with van der Waals surface area (Å²) in [5.74, 6) is 1.58. The first-order valence-corrected chi connectivity index (χ1v) is 10.2. The van der Waals surface area contributed by atoms with Crippen molar-refractivity contribution in [2.75, 3.05) is 17.2 Å². The number of aryl methyl sites for hydroxylation is 3.